The van der Waals surface area contributed by atoms with E-state index in [1.165, 1.54) is 0 Å². The second-order valence-electron chi connectivity index (χ2n) is 5.20. The van der Waals surface area contributed by atoms with Crippen molar-refractivity contribution < 1.29 is 9.90 Å². The zero-order valence-electron chi connectivity index (χ0n) is 12.1. The Morgan fingerprint density at radius 2 is 2.19 bits per heavy atom. The van der Waals surface area contributed by atoms with Gasteiger partial charge in [0.1, 0.15) is 11.4 Å². The summed E-state index contributed by atoms with van der Waals surface area (Å²) in [5.41, 5.74) is 0.0485. The van der Waals surface area contributed by atoms with E-state index in [0.717, 1.165) is 11.8 Å². The third-order valence-electron chi connectivity index (χ3n) is 3.46. The van der Waals surface area contributed by atoms with Crippen LogP contribution < -0.4 is 5.32 Å². The number of aromatic nitrogens is 1. The molecule has 5 nitrogen and oxygen atoms in total. The van der Waals surface area contributed by atoms with Gasteiger partial charge in [-0.1, -0.05) is 31.5 Å². The lowest BCUT2D eigenvalue weighted by molar-refractivity contribution is -0.142. The van der Waals surface area contributed by atoms with E-state index < -0.39 is 11.5 Å². The second kappa shape index (κ2) is 5.80. The van der Waals surface area contributed by atoms with Crippen LogP contribution in [-0.4, -0.2) is 21.6 Å². The van der Waals surface area contributed by atoms with Crippen LogP contribution in [0.2, 0.25) is 0 Å². The minimum atomic E-state index is -1.10. The highest BCUT2D eigenvalue weighted by Gasteiger charge is 2.32. The number of benzene rings is 1. The SMILES string of the molecule is CCCC(C)(Nc1cc(C#N)c2ccccc2n1)C(=O)O. The monoisotopic (exact) mass is 283 g/mol. The molecule has 1 atom stereocenters. The summed E-state index contributed by atoms with van der Waals surface area (Å²) in [6, 6.07) is 11.0. The molecule has 1 aromatic carbocycles. The van der Waals surface area contributed by atoms with E-state index in [0.29, 0.717) is 23.3 Å². The van der Waals surface area contributed by atoms with Crippen LogP contribution in [0.1, 0.15) is 32.3 Å². The fourth-order valence-corrected chi connectivity index (χ4v) is 2.34. The van der Waals surface area contributed by atoms with Crippen molar-refractivity contribution >= 4 is 22.7 Å². The van der Waals surface area contributed by atoms with Crippen LogP contribution in [0.3, 0.4) is 0 Å². The molecule has 2 rings (SSSR count). The summed E-state index contributed by atoms with van der Waals surface area (Å²) in [6.45, 7) is 3.55. The molecular weight excluding hydrogens is 266 g/mol. The van der Waals surface area contributed by atoms with Crippen LogP contribution in [-0.2, 0) is 4.79 Å². The van der Waals surface area contributed by atoms with Crippen molar-refractivity contribution in [3.63, 3.8) is 0 Å². The second-order valence-corrected chi connectivity index (χ2v) is 5.20. The third kappa shape index (κ3) is 2.95. The van der Waals surface area contributed by atoms with Crippen LogP contribution in [0.25, 0.3) is 10.9 Å². The molecule has 0 bridgehead atoms. The van der Waals surface area contributed by atoms with E-state index >= 15 is 0 Å². The predicted molar refractivity (Wildman–Crippen MR) is 81.0 cm³/mol. The summed E-state index contributed by atoms with van der Waals surface area (Å²) in [5.74, 6) is -0.526. The van der Waals surface area contributed by atoms with Crippen LogP contribution in [0.4, 0.5) is 5.82 Å². The number of anilines is 1. The molecule has 0 saturated heterocycles. The zero-order valence-corrected chi connectivity index (χ0v) is 12.1. The molecule has 0 aliphatic carbocycles. The number of para-hydroxylation sites is 1. The molecule has 21 heavy (non-hydrogen) atoms. The minimum absolute atomic E-state index is 0.406. The Bertz CT molecular complexity index is 721. The van der Waals surface area contributed by atoms with Gasteiger partial charge in [0.2, 0.25) is 0 Å². The van der Waals surface area contributed by atoms with E-state index in [1.807, 2.05) is 25.1 Å². The number of carboxylic acid groups (broad SMARTS) is 1. The van der Waals surface area contributed by atoms with Crippen LogP contribution in [0, 0.1) is 11.3 Å². The first kappa shape index (κ1) is 14.8. The molecule has 0 aliphatic rings. The van der Waals surface area contributed by atoms with Crippen LogP contribution >= 0.6 is 0 Å². The summed E-state index contributed by atoms with van der Waals surface area (Å²) in [7, 11) is 0. The molecule has 2 N–H and O–H groups in total. The van der Waals surface area contributed by atoms with E-state index in [1.54, 1.807) is 19.1 Å². The van der Waals surface area contributed by atoms with Crippen molar-refractivity contribution in [1.82, 2.24) is 4.98 Å². The zero-order chi connectivity index (χ0) is 15.5. The first-order valence-corrected chi connectivity index (χ1v) is 6.81. The fraction of sp³-hybridized carbons (Fsp3) is 0.312. The Morgan fingerprint density at radius 3 is 2.81 bits per heavy atom. The Hall–Kier alpha value is -2.61. The summed E-state index contributed by atoms with van der Waals surface area (Å²) >= 11 is 0. The largest absolute Gasteiger partial charge is 0.480 e. The molecule has 0 amide bonds. The topological polar surface area (TPSA) is 86.0 Å². The Kier molecular flexibility index (Phi) is 4.08. The number of carboxylic acids is 1. The normalized spacial score (nSPS) is 13.4. The van der Waals surface area contributed by atoms with Gasteiger partial charge in [-0.2, -0.15) is 5.26 Å². The standard InChI is InChI=1S/C16H17N3O2/c1-3-8-16(2,15(20)21)19-14-9-11(10-17)12-6-4-5-7-13(12)18-14/h4-7,9H,3,8H2,1-2H3,(H,18,19)(H,20,21). The van der Waals surface area contributed by atoms with Crippen molar-refractivity contribution in [3.05, 3.63) is 35.9 Å². The summed E-state index contributed by atoms with van der Waals surface area (Å²) in [4.78, 5) is 15.9. The van der Waals surface area contributed by atoms with Gasteiger partial charge in [-0.25, -0.2) is 9.78 Å². The van der Waals surface area contributed by atoms with Crippen molar-refractivity contribution in [2.24, 2.45) is 0 Å². The first-order chi connectivity index (χ1) is 10.00. The Balaban J connectivity index is 2.48. The van der Waals surface area contributed by atoms with Crippen LogP contribution in [0.5, 0.6) is 0 Å². The van der Waals surface area contributed by atoms with Crippen molar-refractivity contribution in [3.8, 4) is 6.07 Å². The van der Waals surface area contributed by atoms with E-state index in [2.05, 4.69) is 16.4 Å². The lowest BCUT2D eigenvalue weighted by Crippen LogP contribution is -2.43. The number of fused-ring (bicyclic) bond motifs is 1. The Labute approximate surface area is 123 Å². The van der Waals surface area contributed by atoms with E-state index in [4.69, 9.17) is 0 Å². The third-order valence-corrected chi connectivity index (χ3v) is 3.46. The highest BCUT2D eigenvalue weighted by atomic mass is 16.4. The van der Waals surface area contributed by atoms with Crippen molar-refractivity contribution in [1.29, 1.82) is 5.26 Å². The van der Waals surface area contributed by atoms with Crippen molar-refractivity contribution in [2.45, 2.75) is 32.2 Å². The molecule has 2 aromatic rings. The lowest BCUT2D eigenvalue weighted by Gasteiger charge is -2.26. The average Bonchev–Trinajstić information content (AvgIpc) is 2.46. The number of hydrogen-bond acceptors (Lipinski definition) is 4. The van der Waals surface area contributed by atoms with Crippen LogP contribution in [0.15, 0.2) is 30.3 Å². The molecule has 1 heterocycles. The van der Waals surface area contributed by atoms with Gasteiger partial charge in [0, 0.05) is 5.39 Å². The average molecular weight is 283 g/mol. The van der Waals surface area contributed by atoms with Gasteiger partial charge in [-0.15, -0.1) is 0 Å². The number of pyridine rings is 1. The highest BCUT2D eigenvalue weighted by molar-refractivity contribution is 5.87. The molecule has 1 aromatic heterocycles. The van der Waals surface area contributed by atoms with Gasteiger partial charge in [0.05, 0.1) is 17.1 Å². The predicted octanol–water partition coefficient (Wildman–Crippen LogP) is 3.16. The summed E-state index contributed by atoms with van der Waals surface area (Å²) in [6.07, 6.45) is 1.20. The molecule has 0 aliphatic heterocycles. The number of aliphatic carboxylic acids is 1. The van der Waals surface area contributed by atoms with E-state index in [-0.39, 0.29) is 0 Å². The van der Waals surface area contributed by atoms with Gasteiger partial charge in [-0.3, -0.25) is 0 Å². The molecule has 0 fully saturated rings. The summed E-state index contributed by atoms with van der Waals surface area (Å²) in [5, 5.41) is 22.4. The summed E-state index contributed by atoms with van der Waals surface area (Å²) < 4.78 is 0. The number of hydrogen-bond donors (Lipinski definition) is 2. The van der Waals surface area contributed by atoms with Crippen molar-refractivity contribution in [2.75, 3.05) is 5.32 Å². The highest BCUT2D eigenvalue weighted by Crippen LogP contribution is 2.24. The molecule has 0 saturated carbocycles. The van der Waals surface area contributed by atoms with E-state index in [9.17, 15) is 15.2 Å². The lowest BCUT2D eigenvalue weighted by atomic mass is 9.96. The maximum atomic E-state index is 11.5. The fourth-order valence-electron chi connectivity index (χ4n) is 2.34. The minimum Gasteiger partial charge on any atom is -0.480 e. The molecule has 0 radical (unpaired) electrons. The number of carbonyl (C=O) groups is 1. The molecule has 1 unspecified atom stereocenters. The van der Waals surface area contributed by atoms with Gasteiger partial charge in [0.25, 0.3) is 0 Å². The van der Waals surface area contributed by atoms with Gasteiger partial charge in [0.15, 0.2) is 0 Å². The molecule has 0 spiro atoms. The first-order valence-electron chi connectivity index (χ1n) is 6.81. The maximum absolute atomic E-state index is 11.5. The molecule has 108 valence electrons. The van der Waals surface area contributed by atoms with Gasteiger partial charge >= 0.3 is 5.97 Å². The number of nitrogens with one attached hydrogen (secondary N) is 1. The Morgan fingerprint density at radius 1 is 1.48 bits per heavy atom. The molecule has 5 heteroatoms. The molecular formula is C16H17N3O2. The number of nitriles is 1. The van der Waals surface area contributed by atoms with Gasteiger partial charge in [-0.05, 0) is 25.5 Å². The number of nitrogens with zero attached hydrogens (tertiary/aromatic N) is 2. The number of rotatable bonds is 5. The van der Waals surface area contributed by atoms with Gasteiger partial charge < -0.3 is 10.4 Å². The smallest absolute Gasteiger partial charge is 0.329 e. The maximum Gasteiger partial charge on any atom is 0.329 e. The quantitative estimate of drug-likeness (QED) is 0.880.